The van der Waals surface area contributed by atoms with Crippen molar-refractivity contribution in [2.75, 3.05) is 11.9 Å². The third kappa shape index (κ3) is 1.04. The molecule has 1 aliphatic heterocycles. The van der Waals surface area contributed by atoms with Crippen molar-refractivity contribution < 1.29 is 9.32 Å². The molecule has 0 spiro atoms. The quantitative estimate of drug-likeness (QED) is 0.537. The molecular formula is C6H7N3O2. The monoisotopic (exact) mass is 153 g/mol. The standard InChI is InChI=1S/C6H7N3O2/c10-6-2-7-5-3-11-9-4(5)1-8-6/h3,7H,1-2H2,(H,8,10). The highest BCUT2D eigenvalue weighted by Gasteiger charge is 2.13. The van der Waals surface area contributed by atoms with Gasteiger partial charge in [0.25, 0.3) is 0 Å². The molecule has 58 valence electrons. The summed E-state index contributed by atoms with van der Waals surface area (Å²) in [6.07, 6.45) is 1.50. The summed E-state index contributed by atoms with van der Waals surface area (Å²) in [4.78, 5) is 10.8. The van der Waals surface area contributed by atoms with Gasteiger partial charge >= 0.3 is 0 Å². The molecule has 5 nitrogen and oxygen atoms in total. The molecule has 5 heteroatoms. The summed E-state index contributed by atoms with van der Waals surface area (Å²) >= 11 is 0. The number of hydrogen-bond donors (Lipinski definition) is 2. The first-order chi connectivity index (χ1) is 5.36. The van der Waals surface area contributed by atoms with Crippen LogP contribution in [0.3, 0.4) is 0 Å². The summed E-state index contributed by atoms with van der Waals surface area (Å²) in [5.74, 6) is -0.0250. The molecule has 2 heterocycles. The zero-order chi connectivity index (χ0) is 7.68. The number of nitrogens with one attached hydrogen (secondary N) is 2. The maximum Gasteiger partial charge on any atom is 0.239 e. The van der Waals surface area contributed by atoms with E-state index in [-0.39, 0.29) is 12.5 Å². The Hall–Kier alpha value is -1.52. The molecule has 0 atom stereocenters. The normalized spacial score (nSPS) is 16.2. The van der Waals surface area contributed by atoms with Gasteiger partial charge in [0.2, 0.25) is 5.91 Å². The first-order valence-corrected chi connectivity index (χ1v) is 3.30. The Kier molecular flexibility index (Phi) is 1.28. The van der Waals surface area contributed by atoms with Gasteiger partial charge in [-0.2, -0.15) is 0 Å². The fourth-order valence-corrected chi connectivity index (χ4v) is 0.951. The lowest BCUT2D eigenvalue weighted by atomic mass is 10.4. The summed E-state index contributed by atoms with van der Waals surface area (Å²) in [5, 5.41) is 9.25. The van der Waals surface area contributed by atoms with Gasteiger partial charge in [0.05, 0.1) is 13.1 Å². The Morgan fingerprint density at radius 1 is 1.45 bits per heavy atom. The van der Waals surface area contributed by atoms with E-state index in [0.717, 1.165) is 11.4 Å². The van der Waals surface area contributed by atoms with Gasteiger partial charge in [-0.15, -0.1) is 0 Å². The number of amides is 1. The van der Waals surface area contributed by atoms with Crippen LogP contribution >= 0.6 is 0 Å². The van der Waals surface area contributed by atoms with Crippen LogP contribution in [0, 0.1) is 0 Å². The van der Waals surface area contributed by atoms with Crippen molar-refractivity contribution in [3.8, 4) is 0 Å². The van der Waals surface area contributed by atoms with Crippen LogP contribution < -0.4 is 10.6 Å². The highest BCUT2D eigenvalue weighted by molar-refractivity contribution is 5.81. The van der Waals surface area contributed by atoms with E-state index in [1.165, 1.54) is 6.26 Å². The summed E-state index contributed by atoms with van der Waals surface area (Å²) < 4.78 is 4.69. The second kappa shape index (κ2) is 2.26. The molecule has 11 heavy (non-hydrogen) atoms. The lowest BCUT2D eigenvalue weighted by Gasteiger charge is -1.95. The predicted molar refractivity (Wildman–Crippen MR) is 36.8 cm³/mol. The van der Waals surface area contributed by atoms with Crippen molar-refractivity contribution in [2.24, 2.45) is 0 Å². The van der Waals surface area contributed by atoms with E-state index in [2.05, 4.69) is 15.8 Å². The number of hydrogen-bond acceptors (Lipinski definition) is 4. The molecule has 1 aliphatic rings. The fraction of sp³-hybridized carbons (Fsp3) is 0.333. The molecule has 2 rings (SSSR count). The average Bonchev–Trinajstić information content (AvgIpc) is 2.38. The van der Waals surface area contributed by atoms with Crippen molar-refractivity contribution in [3.05, 3.63) is 12.0 Å². The Morgan fingerprint density at radius 2 is 2.36 bits per heavy atom. The van der Waals surface area contributed by atoms with Crippen LogP contribution in [0.25, 0.3) is 0 Å². The van der Waals surface area contributed by atoms with Crippen LogP contribution in [0.5, 0.6) is 0 Å². The third-order valence-electron chi connectivity index (χ3n) is 1.54. The van der Waals surface area contributed by atoms with E-state index in [9.17, 15) is 4.79 Å². The molecule has 1 amide bonds. The van der Waals surface area contributed by atoms with Crippen molar-refractivity contribution in [3.63, 3.8) is 0 Å². The van der Waals surface area contributed by atoms with Crippen LogP contribution in [0.4, 0.5) is 5.69 Å². The van der Waals surface area contributed by atoms with Gasteiger partial charge in [0, 0.05) is 0 Å². The lowest BCUT2D eigenvalue weighted by Crippen LogP contribution is -2.26. The molecule has 0 saturated heterocycles. The van der Waals surface area contributed by atoms with Gasteiger partial charge < -0.3 is 15.2 Å². The van der Waals surface area contributed by atoms with E-state index in [1.807, 2.05) is 0 Å². The van der Waals surface area contributed by atoms with Gasteiger partial charge in [-0.1, -0.05) is 5.16 Å². The number of fused-ring (bicyclic) bond motifs is 1. The van der Waals surface area contributed by atoms with Gasteiger partial charge in [-0.25, -0.2) is 0 Å². The van der Waals surface area contributed by atoms with E-state index >= 15 is 0 Å². The molecule has 0 saturated carbocycles. The Labute approximate surface area is 62.7 Å². The van der Waals surface area contributed by atoms with Gasteiger partial charge in [0.15, 0.2) is 0 Å². The average molecular weight is 153 g/mol. The highest BCUT2D eigenvalue weighted by atomic mass is 16.5. The molecule has 0 fully saturated rings. The highest BCUT2D eigenvalue weighted by Crippen LogP contribution is 2.13. The summed E-state index contributed by atoms with van der Waals surface area (Å²) in [5.41, 5.74) is 1.54. The van der Waals surface area contributed by atoms with Crippen molar-refractivity contribution in [1.82, 2.24) is 10.5 Å². The topological polar surface area (TPSA) is 67.2 Å². The molecule has 0 unspecified atom stereocenters. The Morgan fingerprint density at radius 3 is 3.27 bits per heavy atom. The van der Waals surface area contributed by atoms with E-state index in [1.54, 1.807) is 0 Å². The number of carbonyl (C=O) groups is 1. The van der Waals surface area contributed by atoms with Crippen LogP contribution in [-0.4, -0.2) is 17.6 Å². The second-order valence-electron chi connectivity index (χ2n) is 2.31. The first-order valence-electron chi connectivity index (χ1n) is 3.30. The fourth-order valence-electron chi connectivity index (χ4n) is 0.951. The second-order valence-corrected chi connectivity index (χ2v) is 2.31. The minimum Gasteiger partial charge on any atom is -0.372 e. The molecule has 0 radical (unpaired) electrons. The molecule has 0 aromatic carbocycles. The van der Waals surface area contributed by atoms with E-state index < -0.39 is 0 Å². The summed E-state index contributed by atoms with van der Waals surface area (Å²) in [6.45, 7) is 0.728. The number of carbonyl (C=O) groups excluding carboxylic acids is 1. The number of nitrogens with zero attached hydrogens (tertiary/aromatic N) is 1. The van der Waals surface area contributed by atoms with Crippen molar-refractivity contribution in [1.29, 1.82) is 0 Å². The first kappa shape index (κ1) is 6.21. The zero-order valence-electron chi connectivity index (χ0n) is 5.76. The van der Waals surface area contributed by atoms with Crippen LogP contribution in [0.1, 0.15) is 5.69 Å². The number of anilines is 1. The Bertz CT molecular complexity index is 257. The molecule has 2 N–H and O–H groups in total. The Balaban J connectivity index is 2.27. The molecule has 1 aromatic heterocycles. The third-order valence-corrected chi connectivity index (χ3v) is 1.54. The SMILES string of the molecule is O=C1CNc2conc2CN1. The maximum absolute atomic E-state index is 10.8. The maximum atomic E-state index is 10.8. The smallest absolute Gasteiger partial charge is 0.239 e. The van der Waals surface area contributed by atoms with Crippen LogP contribution in [-0.2, 0) is 11.3 Å². The molecule has 1 aromatic rings. The van der Waals surface area contributed by atoms with E-state index in [4.69, 9.17) is 4.52 Å². The number of aromatic nitrogens is 1. The minimum atomic E-state index is -0.0250. The van der Waals surface area contributed by atoms with Gasteiger partial charge in [0.1, 0.15) is 17.6 Å². The zero-order valence-corrected chi connectivity index (χ0v) is 5.76. The predicted octanol–water partition coefficient (Wildman–Crippen LogP) is -0.284. The lowest BCUT2D eigenvalue weighted by molar-refractivity contribution is -0.119. The summed E-state index contributed by atoms with van der Waals surface area (Å²) in [6, 6.07) is 0. The van der Waals surface area contributed by atoms with Gasteiger partial charge in [-0.3, -0.25) is 4.79 Å². The van der Waals surface area contributed by atoms with Crippen LogP contribution in [0.15, 0.2) is 10.8 Å². The summed E-state index contributed by atoms with van der Waals surface area (Å²) in [7, 11) is 0. The molecular weight excluding hydrogens is 146 g/mol. The number of rotatable bonds is 0. The van der Waals surface area contributed by atoms with Crippen LogP contribution in [0.2, 0.25) is 0 Å². The minimum absolute atomic E-state index is 0.0250. The van der Waals surface area contributed by atoms with Crippen molar-refractivity contribution >= 4 is 11.6 Å². The largest absolute Gasteiger partial charge is 0.372 e. The van der Waals surface area contributed by atoms with E-state index in [0.29, 0.717) is 6.54 Å². The van der Waals surface area contributed by atoms with Gasteiger partial charge in [-0.05, 0) is 0 Å². The molecule has 0 aliphatic carbocycles. The van der Waals surface area contributed by atoms with Crippen molar-refractivity contribution in [2.45, 2.75) is 6.54 Å². The molecule has 0 bridgehead atoms.